The number of halogens is 1. The number of nitrogens with zero attached hydrogens (tertiary/aromatic N) is 2. The largest absolute Gasteiger partial charge is 0.379 e. The first kappa shape index (κ1) is 10.8. The second-order valence-corrected chi connectivity index (χ2v) is 3.62. The minimum Gasteiger partial charge on any atom is -0.379 e. The van der Waals surface area contributed by atoms with Gasteiger partial charge in [0.2, 0.25) is 0 Å². The lowest BCUT2D eigenvalue weighted by Crippen LogP contribution is -2.00. The third-order valence-corrected chi connectivity index (χ3v) is 2.22. The van der Waals surface area contributed by atoms with Gasteiger partial charge in [0, 0.05) is 24.0 Å². The van der Waals surface area contributed by atoms with Gasteiger partial charge in [0.1, 0.15) is 0 Å². The number of hydrogen-bond donors (Lipinski definition) is 0. The van der Waals surface area contributed by atoms with E-state index in [1.807, 2.05) is 0 Å². The molecule has 3 nitrogen and oxygen atoms in total. The average molecular weight is 219 g/mol. The first-order valence-corrected chi connectivity index (χ1v) is 5.49. The Morgan fingerprint density at radius 3 is 2.77 bits per heavy atom. The van der Waals surface area contributed by atoms with E-state index < -0.39 is 0 Å². The molecule has 0 unspecified atom stereocenters. The summed E-state index contributed by atoms with van der Waals surface area (Å²) >= 11 is 7.02. The molecule has 0 aliphatic rings. The number of aromatic nitrogens is 2. The Balaban J connectivity index is 2.07. The second kappa shape index (κ2) is 7.12. The Labute approximate surface area is 86.9 Å². The van der Waals surface area contributed by atoms with Crippen molar-refractivity contribution in [3.05, 3.63) is 18.5 Å². The van der Waals surface area contributed by atoms with Crippen molar-refractivity contribution < 1.29 is 4.74 Å². The monoisotopic (exact) mass is 218 g/mol. The quantitative estimate of drug-likeness (QED) is 0.316. The molecule has 0 bridgehead atoms. The van der Waals surface area contributed by atoms with Gasteiger partial charge in [0.25, 0.3) is 0 Å². The van der Waals surface area contributed by atoms with E-state index in [1.165, 1.54) is 0 Å². The highest BCUT2D eigenvalue weighted by Gasteiger charge is 1.94. The van der Waals surface area contributed by atoms with Crippen molar-refractivity contribution in [2.45, 2.75) is 5.16 Å². The van der Waals surface area contributed by atoms with Gasteiger partial charge >= 0.3 is 0 Å². The normalized spacial score (nSPS) is 10.2. The molecule has 5 heteroatoms. The average Bonchev–Trinajstić information content (AvgIpc) is 2.19. The lowest BCUT2D eigenvalue weighted by molar-refractivity contribution is 0.166. The van der Waals surface area contributed by atoms with Crippen LogP contribution in [0.25, 0.3) is 0 Å². The van der Waals surface area contributed by atoms with Gasteiger partial charge in [-0.2, -0.15) is 0 Å². The van der Waals surface area contributed by atoms with Crippen LogP contribution in [0.3, 0.4) is 0 Å². The molecule has 1 aromatic rings. The minimum atomic E-state index is 0.548. The maximum absolute atomic E-state index is 5.44. The summed E-state index contributed by atoms with van der Waals surface area (Å²) in [5, 5.41) is 0.789. The maximum Gasteiger partial charge on any atom is 0.187 e. The smallest absolute Gasteiger partial charge is 0.187 e. The number of hydrogen-bond acceptors (Lipinski definition) is 4. The zero-order valence-corrected chi connectivity index (χ0v) is 8.72. The van der Waals surface area contributed by atoms with E-state index in [1.54, 1.807) is 30.2 Å². The summed E-state index contributed by atoms with van der Waals surface area (Å²) in [6, 6.07) is 1.80. The molecule has 1 aromatic heterocycles. The molecule has 0 spiro atoms. The minimum absolute atomic E-state index is 0.548. The van der Waals surface area contributed by atoms with Gasteiger partial charge in [-0.3, -0.25) is 0 Å². The Bertz CT molecular complexity index is 223. The summed E-state index contributed by atoms with van der Waals surface area (Å²) in [4.78, 5) is 8.13. The molecule has 0 saturated heterocycles. The van der Waals surface area contributed by atoms with Crippen molar-refractivity contribution in [3.8, 4) is 0 Å². The predicted molar refractivity (Wildman–Crippen MR) is 54.3 cm³/mol. The van der Waals surface area contributed by atoms with Crippen molar-refractivity contribution in [3.63, 3.8) is 0 Å². The number of ether oxygens (including phenoxy) is 1. The number of thioether (sulfide) groups is 1. The van der Waals surface area contributed by atoms with Gasteiger partial charge in [-0.15, -0.1) is 11.6 Å². The Morgan fingerprint density at radius 2 is 2.08 bits per heavy atom. The van der Waals surface area contributed by atoms with Crippen LogP contribution in [0.1, 0.15) is 0 Å². The summed E-state index contributed by atoms with van der Waals surface area (Å²) in [6.07, 6.45) is 3.46. The zero-order valence-electron chi connectivity index (χ0n) is 7.15. The molecule has 0 aliphatic carbocycles. The van der Waals surface area contributed by atoms with Crippen LogP contribution < -0.4 is 0 Å². The molecule has 0 saturated carbocycles. The van der Waals surface area contributed by atoms with Crippen LogP contribution in [-0.4, -0.2) is 34.8 Å². The van der Waals surface area contributed by atoms with Gasteiger partial charge in [0.05, 0.1) is 13.2 Å². The Morgan fingerprint density at radius 1 is 1.31 bits per heavy atom. The van der Waals surface area contributed by atoms with E-state index in [0.717, 1.165) is 10.9 Å². The van der Waals surface area contributed by atoms with Crippen LogP contribution >= 0.6 is 23.4 Å². The molecule has 72 valence electrons. The third-order valence-electron chi connectivity index (χ3n) is 1.22. The SMILES string of the molecule is ClCCOCCSc1ncccn1. The van der Waals surface area contributed by atoms with Crippen LogP contribution in [0.4, 0.5) is 0 Å². The van der Waals surface area contributed by atoms with E-state index in [2.05, 4.69) is 9.97 Å². The van der Waals surface area contributed by atoms with Crippen molar-refractivity contribution in [1.29, 1.82) is 0 Å². The van der Waals surface area contributed by atoms with Crippen molar-refractivity contribution in [2.75, 3.05) is 24.8 Å². The highest BCUT2D eigenvalue weighted by atomic mass is 35.5. The van der Waals surface area contributed by atoms with E-state index in [4.69, 9.17) is 16.3 Å². The molecular weight excluding hydrogens is 208 g/mol. The summed E-state index contributed by atoms with van der Waals surface area (Å²) in [5.74, 6) is 1.41. The van der Waals surface area contributed by atoms with Crippen molar-refractivity contribution in [2.24, 2.45) is 0 Å². The third kappa shape index (κ3) is 5.08. The van der Waals surface area contributed by atoms with E-state index in [0.29, 0.717) is 19.1 Å². The highest BCUT2D eigenvalue weighted by Crippen LogP contribution is 2.09. The molecule has 0 radical (unpaired) electrons. The molecule has 0 aromatic carbocycles. The Hall–Kier alpha value is -0.320. The molecular formula is C8H11ClN2OS. The molecule has 1 heterocycles. The van der Waals surface area contributed by atoms with Gasteiger partial charge in [0.15, 0.2) is 5.16 Å². The van der Waals surface area contributed by atoms with Crippen molar-refractivity contribution >= 4 is 23.4 Å². The molecule has 0 fully saturated rings. The Kier molecular flexibility index (Phi) is 5.89. The molecule has 0 amide bonds. The van der Waals surface area contributed by atoms with Crippen LogP contribution in [0.2, 0.25) is 0 Å². The summed E-state index contributed by atoms with van der Waals surface area (Å²) in [5.41, 5.74) is 0. The van der Waals surface area contributed by atoms with Gasteiger partial charge in [-0.1, -0.05) is 11.8 Å². The predicted octanol–water partition coefficient (Wildman–Crippen LogP) is 1.82. The van der Waals surface area contributed by atoms with Crippen LogP contribution in [-0.2, 0) is 4.74 Å². The molecule has 0 atom stereocenters. The molecule has 1 rings (SSSR count). The molecule has 0 aliphatic heterocycles. The summed E-state index contributed by atoms with van der Waals surface area (Å²) in [6.45, 7) is 1.30. The van der Waals surface area contributed by atoms with Gasteiger partial charge in [-0.05, 0) is 6.07 Å². The fourth-order valence-corrected chi connectivity index (χ4v) is 1.47. The second-order valence-electron chi connectivity index (χ2n) is 2.18. The van der Waals surface area contributed by atoms with E-state index >= 15 is 0 Å². The first-order valence-electron chi connectivity index (χ1n) is 3.97. The summed E-state index contributed by atoms with van der Waals surface area (Å²) < 4.78 is 5.20. The topological polar surface area (TPSA) is 35.0 Å². The maximum atomic E-state index is 5.44. The standard InChI is InChI=1S/C8H11ClN2OS/c9-2-5-12-6-7-13-8-10-3-1-4-11-8/h1,3-4H,2,5-7H2. The van der Waals surface area contributed by atoms with E-state index in [9.17, 15) is 0 Å². The number of rotatable bonds is 6. The molecule has 0 N–H and O–H groups in total. The van der Waals surface area contributed by atoms with Gasteiger partial charge < -0.3 is 4.74 Å². The van der Waals surface area contributed by atoms with Crippen molar-refractivity contribution in [1.82, 2.24) is 9.97 Å². The van der Waals surface area contributed by atoms with Gasteiger partial charge in [-0.25, -0.2) is 9.97 Å². The fraction of sp³-hybridized carbons (Fsp3) is 0.500. The van der Waals surface area contributed by atoms with Crippen LogP contribution in [0.15, 0.2) is 23.6 Å². The first-order chi connectivity index (χ1) is 6.43. The fourth-order valence-electron chi connectivity index (χ4n) is 0.708. The van der Waals surface area contributed by atoms with Crippen LogP contribution in [0, 0.1) is 0 Å². The zero-order chi connectivity index (χ0) is 9.36. The lowest BCUT2D eigenvalue weighted by Gasteiger charge is -2.00. The van der Waals surface area contributed by atoms with E-state index in [-0.39, 0.29) is 0 Å². The number of alkyl halides is 1. The highest BCUT2D eigenvalue weighted by molar-refractivity contribution is 7.99. The lowest BCUT2D eigenvalue weighted by atomic mass is 10.7. The van der Waals surface area contributed by atoms with Crippen LogP contribution in [0.5, 0.6) is 0 Å². The summed E-state index contributed by atoms with van der Waals surface area (Å²) in [7, 11) is 0. The molecule has 13 heavy (non-hydrogen) atoms.